The first-order valence-corrected chi connectivity index (χ1v) is 5.92. The number of hydrogen-bond acceptors (Lipinski definition) is 1. The normalized spacial score (nSPS) is 31.7. The average Bonchev–Trinajstić information content (AvgIpc) is 2.17. The van der Waals surface area contributed by atoms with Gasteiger partial charge in [0, 0.05) is 6.42 Å². The second kappa shape index (κ2) is 3.66. The minimum Gasteiger partial charge on any atom is -0.481 e. The molecular formula is C13H20O2. The van der Waals surface area contributed by atoms with Crippen LogP contribution in [0.1, 0.15) is 46.0 Å². The Labute approximate surface area is 91.4 Å². The summed E-state index contributed by atoms with van der Waals surface area (Å²) in [6.45, 7) is 4.71. The molecule has 0 heterocycles. The first-order valence-electron chi connectivity index (χ1n) is 5.92. The molecule has 0 aromatic heterocycles. The minimum atomic E-state index is -0.669. The summed E-state index contributed by atoms with van der Waals surface area (Å²) in [5.41, 5.74) is 2.01. The Kier molecular flexibility index (Phi) is 2.61. The number of hydrogen-bond donors (Lipinski definition) is 1. The van der Waals surface area contributed by atoms with Gasteiger partial charge in [-0.05, 0) is 42.9 Å². The molecule has 15 heavy (non-hydrogen) atoms. The molecule has 3 rings (SSSR count). The zero-order valence-corrected chi connectivity index (χ0v) is 9.62. The molecule has 0 amide bonds. The molecule has 3 aliphatic carbocycles. The topological polar surface area (TPSA) is 37.3 Å². The van der Waals surface area contributed by atoms with Crippen LogP contribution in [0.5, 0.6) is 0 Å². The number of aliphatic carboxylic acids is 1. The molecule has 0 saturated heterocycles. The maximum absolute atomic E-state index is 10.4. The molecule has 1 saturated carbocycles. The second-order valence-electron chi connectivity index (χ2n) is 5.57. The van der Waals surface area contributed by atoms with Crippen molar-refractivity contribution < 1.29 is 9.90 Å². The van der Waals surface area contributed by atoms with Crippen LogP contribution in [0.25, 0.3) is 0 Å². The van der Waals surface area contributed by atoms with Crippen molar-refractivity contribution >= 4 is 5.97 Å². The van der Waals surface area contributed by atoms with Crippen LogP contribution in [-0.2, 0) is 4.79 Å². The van der Waals surface area contributed by atoms with Gasteiger partial charge in [-0.1, -0.05) is 25.5 Å². The van der Waals surface area contributed by atoms with Crippen molar-refractivity contribution in [2.45, 2.75) is 46.0 Å². The fourth-order valence-electron chi connectivity index (χ4n) is 3.20. The van der Waals surface area contributed by atoms with Crippen LogP contribution in [0.2, 0.25) is 0 Å². The van der Waals surface area contributed by atoms with E-state index < -0.39 is 5.97 Å². The van der Waals surface area contributed by atoms with Gasteiger partial charge in [0.25, 0.3) is 0 Å². The van der Waals surface area contributed by atoms with Gasteiger partial charge in [-0.25, -0.2) is 0 Å². The SMILES string of the molecule is CC1(C)[C@H]2CC=C(CCCC(=O)O)[C@@H]1C2. The van der Waals surface area contributed by atoms with Gasteiger partial charge in [-0.2, -0.15) is 0 Å². The Hall–Kier alpha value is -0.790. The van der Waals surface area contributed by atoms with Gasteiger partial charge < -0.3 is 5.11 Å². The van der Waals surface area contributed by atoms with E-state index >= 15 is 0 Å². The Morgan fingerprint density at radius 2 is 2.33 bits per heavy atom. The molecule has 2 nitrogen and oxygen atoms in total. The third-order valence-corrected chi connectivity index (χ3v) is 4.44. The molecule has 2 heteroatoms. The molecule has 3 aliphatic rings. The fourth-order valence-corrected chi connectivity index (χ4v) is 3.20. The Morgan fingerprint density at radius 1 is 1.60 bits per heavy atom. The summed E-state index contributed by atoms with van der Waals surface area (Å²) in [6.07, 6.45) is 7.03. The summed E-state index contributed by atoms with van der Waals surface area (Å²) in [5.74, 6) is 0.952. The van der Waals surface area contributed by atoms with Crippen LogP contribution in [-0.4, -0.2) is 11.1 Å². The van der Waals surface area contributed by atoms with Gasteiger partial charge in [0.15, 0.2) is 0 Å². The molecule has 1 N–H and O–H groups in total. The summed E-state index contributed by atoms with van der Waals surface area (Å²) in [4.78, 5) is 10.4. The molecule has 0 aromatic rings. The third kappa shape index (κ3) is 1.82. The Morgan fingerprint density at radius 3 is 2.87 bits per heavy atom. The van der Waals surface area contributed by atoms with Crippen molar-refractivity contribution in [3.05, 3.63) is 11.6 Å². The van der Waals surface area contributed by atoms with Crippen molar-refractivity contribution in [2.24, 2.45) is 17.3 Å². The summed E-state index contributed by atoms with van der Waals surface area (Å²) >= 11 is 0. The van der Waals surface area contributed by atoms with Crippen molar-refractivity contribution in [3.63, 3.8) is 0 Å². The van der Waals surface area contributed by atoms with E-state index in [0.717, 1.165) is 24.7 Å². The number of carbonyl (C=O) groups is 1. The van der Waals surface area contributed by atoms with E-state index in [4.69, 9.17) is 5.11 Å². The standard InChI is InChI=1S/C13H20O2/c1-13(2)10-7-6-9(11(13)8-10)4-3-5-12(14)15/h6,10-11H,3-5,7-8H2,1-2H3,(H,14,15)/t10-,11-/m0/s1. The van der Waals surface area contributed by atoms with E-state index in [1.807, 2.05) is 0 Å². The summed E-state index contributed by atoms with van der Waals surface area (Å²) in [5, 5.41) is 8.60. The Bertz CT molecular complexity index is 302. The van der Waals surface area contributed by atoms with Gasteiger partial charge in [-0.3, -0.25) is 4.79 Å². The largest absolute Gasteiger partial charge is 0.481 e. The lowest BCUT2D eigenvalue weighted by atomic mass is 9.48. The third-order valence-electron chi connectivity index (χ3n) is 4.44. The number of carboxylic acids is 1. The van der Waals surface area contributed by atoms with Crippen LogP contribution in [0, 0.1) is 17.3 Å². The first-order chi connectivity index (χ1) is 7.01. The number of fused-ring (bicyclic) bond motifs is 1. The summed E-state index contributed by atoms with van der Waals surface area (Å²) < 4.78 is 0. The zero-order valence-electron chi connectivity index (χ0n) is 9.62. The molecule has 0 spiro atoms. The summed E-state index contributed by atoms with van der Waals surface area (Å²) in [6, 6.07) is 0. The van der Waals surface area contributed by atoms with Crippen LogP contribution in [0.3, 0.4) is 0 Å². The molecule has 2 atom stereocenters. The lowest BCUT2D eigenvalue weighted by molar-refractivity contribution is -0.137. The lowest BCUT2D eigenvalue weighted by Crippen LogP contribution is -2.48. The van der Waals surface area contributed by atoms with Crippen molar-refractivity contribution in [1.82, 2.24) is 0 Å². The van der Waals surface area contributed by atoms with Crippen molar-refractivity contribution in [3.8, 4) is 0 Å². The maximum atomic E-state index is 10.4. The van der Waals surface area contributed by atoms with E-state index in [1.54, 1.807) is 0 Å². The molecule has 0 aliphatic heterocycles. The quantitative estimate of drug-likeness (QED) is 0.720. The van der Waals surface area contributed by atoms with Gasteiger partial charge in [0.2, 0.25) is 0 Å². The van der Waals surface area contributed by atoms with Gasteiger partial charge in [0.1, 0.15) is 0 Å². The number of carboxylic acid groups (broad SMARTS) is 1. The van der Waals surface area contributed by atoms with Crippen LogP contribution < -0.4 is 0 Å². The molecule has 84 valence electrons. The molecule has 0 aromatic carbocycles. The second-order valence-corrected chi connectivity index (χ2v) is 5.57. The predicted molar refractivity (Wildman–Crippen MR) is 59.6 cm³/mol. The first kappa shape index (κ1) is 10.7. The van der Waals surface area contributed by atoms with Crippen LogP contribution in [0.4, 0.5) is 0 Å². The molecule has 1 fully saturated rings. The number of allylic oxidation sites excluding steroid dienone is 2. The molecule has 0 unspecified atom stereocenters. The lowest BCUT2D eigenvalue weighted by Gasteiger charge is -2.56. The molecule has 0 radical (unpaired) electrons. The van der Waals surface area contributed by atoms with Crippen LogP contribution >= 0.6 is 0 Å². The maximum Gasteiger partial charge on any atom is 0.303 e. The van der Waals surface area contributed by atoms with E-state index in [1.165, 1.54) is 18.4 Å². The van der Waals surface area contributed by atoms with Gasteiger partial charge in [0.05, 0.1) is 0 Å². The summed E-state index contributed by atoms with van der Waals surface area (Å²) in [7, 11) is 0. The molecule has 2 bridgehead atoms. The van der Waals surface area contributed by atoms with E-state index in [0.29, 0.717) is 11.8 Å². The van der Waals surface area contributed by atoms with Crippen molar-refractivity contribution in [2.75, 3.05) is 0 Å². The minimum absolute atomic E-state index is 0.313. The highest BCUT2D eigenvalue weighted by Crippen LogP contribution is 2.59. The zero-order chi connectivity index (χ0) is 11.1. The average molecular weight is 208 g/mol. The van der Waals surface area contributed by atoms with E-state index in [9.17, 15) is 4.79 Å². The van der Waals surface area contributed by atoms with Crippen LogP contribution in [0.15, 0.2) is 11.6 Å². The van der Waals surface area contributed by atoms with Crippen molar-refractivity contribution in [1.29, 1.82) is 0 Å². The monoisotopic (exact) mass is 208 g/mol. The Balaban J connectivity index is 1.88. The highest BCUT2D eigenvalue weighted by molar-refractivity contribution is 5.66. The van der Waals surface area contributed by atoms with E-state index in [-0.39, 0.29) is 0 Å². The fraction of sp³-hybridized carbons (Fsp3) is 0.769. The highest BCUT2D eigenvalue weighted by Gasteiger charge is 2.50. The van der Waals surface area contributed by atoms with Gasteiger partial charge in [-0.15, -0.1) is 0 Å². The highest BCUT2D eigenvalue weighted by atomic mass is 16.4. The number of rotatable bonds is 4. The van der Waals surface area contributed by atoms with E-state index in [2.05, 4.69) is 19.9 Å². The van der Waals surface area contributed by atoms with Gasteiger partial charge >= 0.3 is 5.97 Å². The smallest absolute Gasteiger partial charge is 0.303 e. The molecular weight excluding hydrogens is 188 g/mol. The predicted octanol–water partition coefficient (Wildman–Crippen LogP) is 3.23.